The van der Waals surface area contributed by atoms with E-state index in [0.717, 1.165) is 20.3 Å². The fourth-order valence-electron chi connectivity index (χ4n) is 3.20. The second kappa shape index (κ2) is 12.0. The molecular weight excluding hydrogens is 607 g/mol. The lowest BCUT2D eigenvalue weighted by Gasteiger charge is -2.15. The van der Waals surface area contributed by atoms with Crippen LogP contribution in [0.2, 0.25) is 0 Å². The number of nitriles is 1. The van der Waals surface area contributed by atoms with Crippen LogP contribution >= 0.6 is 38.5 Å². The van der Waals surface area contributed by atoms with Crippen molar-refractivity contribution < 1.29 is 14.3 Å². The third-order valence-electron chi connectivity index (χ3n) is 5.16. The molecule has 0 radical (unpaired) electrons. The van der Waals surface area contributed by atoms with Crippen LogP contribution in [-0.2, 0) is 11.4 Å². The first kappa shape index (κ1) is 25.8. The maximum Gasteiger partial charge on any atom is 0.266 e. The van der Waals surface area contributed by atoms with Crippen molar-refractivity contribution in [3.8, 4) is 17.6 Å². The molecule has 0 unspecified atom stereocenters. The number of carbonyl (C=O) groups is 1. The molecule has 0 saturated carbocycles. The Morgan fingerprint density at radius 3 is 2.56 bits per heavy atom. The monoisotopic (exact) mass is 630 g/mol. The van der Waals surface area contributed by atoms with Crippen LogP contribution in [0.25, 0.3) is 6.08 Å². The Labute approximate surface area is 222 Å². The molecule has 0 atom stereocenters. The molecule has 3 aromatic carbocycles. The van der Waals surface area contributed by atoms with Gasteiger partial charge in [0.2, 0.25) is 0 Å². The molecule has 174 valence electrons. The average molecular weight is 631 g/mol. The second-order valence-electron chi connectivity index (χ2n) is 7.55. The number of nitrogens with one attached hydrogen (secondary N) is 1. The molecule has 0 bridgehead atoms. The summed E-state index contributed by atoms with van der Waals surface area (Å²) in [5, 5.41) is 12.5. The normalized spacial score (nSPS) is 11.0. The van der Waals surface area contributed by atoms with E-state index in [1.807, 2.05) is 69.3 Å². The quantitative estimate of drug-likeness (QED) is 0.162. The standard InChI is InChI=1S/C27H24BrIN2O3/c1-4-33-25-14-20(13-23(28)26(25)34-16-19-8-10-22(29)11-9-19)12-21(15-30)27(32)31-24-7-5-6-17(2)18(24)3/h5-14H,4,16H2,1-3H3,(H,31,32)/b21-12+. The Bertz CT molecular complexity index is 1260. The number of nitrogens with zero attached hydrogens (tertiary/aromatic N) is 1. The van der Waals surface area contributed by atoms with Gasteiger partial charge in [0, 0.05) is 9.26 Å². The van der Waals surface area contributed by atoms with Crippen molar-refractivity contribution in [1.29, 1.82) is 5.26 Å². The molecule has 1 N–H and O–H groups in total. The van der Waals surface area contributed by atoms with E-state index < -0.39 is 5.91 Å². The molecule has 0 heterocycles. The van der Waals surface area contributed by atoms with E-state index in [-0.39, 0.29) is 5.57 Å². The van der Waals surface area contributed by atoms with Gasteiger partial charge in [0.05, 0.1) is 11.1 Å². The zero-order chi connectivity index (χ0) is 24.7. The van der Waals surface area contributed by atoms with Crippen LogP contribution < -0.4 is 14.8 Å². The summed E-state index contributed by atoms with van der Waals surface area (Å²) in [4.78, 5) is 12.8. The number of benzene rings is 3. The maximum absolute atomic E-state index is 12.8. The van der Waals surface area contributed by atoms with Crippen molar-refractivity contribution in [2.24, 2.45) is 0 Å². The van der Waals surface area contributed by atoms with Gasteiger partial charge in [-0.25, -0.2) is 0 Å². The van der Waals surface area contributed by atoms with Gasteiger partial charge >= 0.3 is 0 Å². The highest BCUT2D eigenvalue weighted by atomic mass is 127. The van der Waals surface area contributed by atoms with Crippen LogP contribution in [0.4, 0.5) is 5.69 Å². The van der Waals surface area contributed by atoms with E-state index >= 15 is 0 Å². The van der Waals surface area contributed by atoms with Crippen molar-refractivity contribution in [2.75, 3.05) is 11.9 Å². The van der Waals surface area contributed by atoms with Crippen molar-refractivity contribution in [1.82, 2.24) is 0 Å². The summed E-state index contributed by atoms with van der Waals surface area (Å²) in [5.74, 6) is 0.626. The molecule has 0 spiro atoms. The van der Waals surface area contributed by atoms with Gasteiger partial charge < -0.3 is 14.8 Å². The number of aryl methyl sites for hydroxylation is 1. The van der Waals surface area contributed by atoms with Gasteiger partial charge in [0.25, 0.3) is 5.91 Å². The largest absolute Gasteiger partial charge is 0.490 e. The van der Waals surface area contributed by atoms with Crippen molar-refractivity contribution in [3.63, 3.8) is 0 Å². The Kier molecular flexibility index (Phi) is 9.13. The average Bonchev–Trinajstić information content (AvgIpc) is 2.81. The molecule has 0 aliphatic heterocycles. The second-order valence-corrected chi connectivity index (χ2v) is 9.65. The molecule has 5 nitrogen and oxygen atoms in total. The number of hydrogen-bond acceptors (Lipinski definition) is 4. The molecule has 1 amide bonds. The minimum atomic E-state index is -0.468. The molecule has 3 aromatic rings. The van der Waals surface area contributed by atoms with Crippen LogP contribution in [0, 0.1) is 28.7 Å². The summed E-state index contributed by atoms with van der Waals surface area (Å²) < 4.78 is 13.7. The van der Waals surface area contributed by atoms with Crippen LogP contribution in [0.3, 0.4) is 0 Å². The van der Waals surface area contributed by atoms with Gasteiger partial charge in [-0.3, -0.25) is 4.79 Å². The molecular formula is C27H24BrIN2O3. The molecule has 0 fully saturated rings. The first-order chi connectivity index (χ1) is 16.3. The van der Waals surface area contributed by atoms with Crippen LogP contribution in [-0.4, -0.2) is 12.5 Å². The van der Waals surface area contributed by atoms with E-state index in [9.17, 15) is 10.1 Å². The van der Waals surface area contributed by atoms with Gasteiger partial charge in [-0.1, -0.05) is 24.3 Å². The summed E-state index contributed by atoms with van der Waals surface area (Å²) >= 11 is 5.82. The van der Waals surface area contributed by atoms with Gasteiger partial charge in [0.1, 0.15) is 18.2 Å². The number of amides is 1. The molecule has 0 saturated heterocycles. The Morgan fingerprint density at radius 1 is 1.15 bits per heavy atom. The minimum absolute atomic E-state index is 0.0113. The number of rotatable bonds is 8. The lowest BCUT2D eigenvalue weighted by atomic mass is 10.1. The Balaban J connectivity index is 1.86. The van der Waals surface area contributed by atoms with E-state index in [1.54, 1.807) is 12.1 Å². The fourth-order valence-corrected chi connectivity index (χ4v) is 4.14. The molecule has 0 aromatic heterocycles. The SMILES string of the molecule is CCOc1cc(/C=C(\C#N)C(=O)Nc2cccc(C)c2C)cc(Br)c1OCc1ccc(I)cc1. The lowest BCUT2D eigenvalue weighted by molar-refractivity contribution is -0.112. The zero-order valence-corrected chi connectivity index (χ0v) is 22.9. The first-order valence-electron chi connectivity index (χ1n) is 10.6. The van der Waals surface area contributed by atoms with Gasteiger partial charge in [-0.15, -0.1) is 0 Å². The van der Waals surface area contributed by atoms with E-state index in [1.165, 1.54) is 6.08 Å². The topological polar surface area (TPSA) is 71.3 Å². The molecule has 0 aliphatic rings. The first-order valence-corrected chi connectivity index (χ1v) is 12.5. The number of carbonyl (C=O) groups excluding carboxylic acids is 1. The highest BCUT2D eigenvalue weighted by Crippen LogP contribution is 2.38. The maximum atomic E-state index is 12.8. The predicted molar refractivity (Wildman–Crippen MR) is 147 cm³/mol. The van der Waals surface area contributed by atoms with Crippen molar-refractivity contribution in [3.05, 3.63) is 90.5 Å². The van der Waals surface area contributed by atoms with E-state index in [4.69, 9.17) is 9.47 Å². The highest BCUT2D eigenvalue weighted by molar-refractivity contribution is 14.1. The van der Waals surface area contributed by atoms with E-state index in [2.05, 4.69) is 43.8 Å². The summed E-state index contributed by atoms with van der Waals surface area (Å²) in [7, 11) is 0. The number of anilines is 1. The zero-order valence-electron chi connectivity index (χ0n) is 19.1. The summed E-state index contributed by atoms with van der Waals surface area (Å²) in [6, 6.07) is 19.3. The minimum Gasteiger partial charge on any atom is -0.490 e. The molecule has 0 aliphatic carbocycles. The van der Waals surface area contributed by atoms with Gasteiger partial charge in [0.15, 0.2) is 11.5 Å². The van der Waals surface area contributed by atoms with E-state index in [0.29, 0.717) is 40.4 Å². The van der Waals surface area contributed by atoms with Crippen molar-refractivity contribution in [2.45, 2.75) is 27.4 Å². The third kappa shape index (κ3) is 6.61. The summed E-state index contributed by atoms with van der Waals surface area (Å²) in [5.41, 5.74) is 4.37. The fraction of sp³-hybridized carbons (Fsp3) is 0.185. The molecule has 34 heavy (non-hydrogen) atoms. The van der Waals surface area contributed by atoms with Crippen LogP contribution in [0.1, 0.15) is 29.2 Å². The Hall–Kier alpha value is -2.83. The summed E-state index contributed by atoms with van der Waals surface area (Å²) in [6.07, 6.45) is 1.54. The van der Waals surface area contributed by atoms with Gasteiger partial charge in [-0.05, 0) is 118 Å². The van der Waals surface area contributed by atoms with Crippen LogP contribution in [0.5, 0.6) is 11.5 Å². The number of hydrogen-bond donors (Lipinski definition) is 1. The number of halogens is 2. The molecule has 7 heteroatoms. The van der Waals surface area contributed by atoms with Gasteiger partial charge in [-0.2, -0.15) is 5.26 Å². The smallest absolute Gasteiger partial charge is 0.266 e. The Morgan fingerprint density at radius 2 is 1.88 bits per heavy atom. The number of ether oxygens (including phenoxy) is 2. The highest BCUT2D eigenvalue weighted by Gasteiger charge is 2.15. The summed E-state index contributed by atoms with van der Waals surface area (Å²) in [6.45, 7) is 6.62. The lowest BCUT2D eigenvalue weighted by Crippen LogP contribution is -2.14. The van der Waals surface area contributed by atoms with Crippen molar-refractivity contribution >= 4 is 56.2 Å². The van der Waals surface area contributed by atoms with Crippen LogP contribution in [0.15, 0.2) is 64.6 Å². The molecule has 3 rings (SSSR count). The third-order valence-corrected chi connectivity index (χ3v) is 6.47. The predicted octanol–water partition coefficient (Wildman–Crippen LogP) is 7.19.